The first kappa shape index (κ1) is 33.2. The van der Waals surface area contributed by atoms with Crippen LogP contribution in [0.25, 0.3) is 0 Å². The Morgan fingerprint density at radius 1 is 0.959 bits per heavy atom. The van der Waals surface area contributed by atoms with Crippen LogP contribution in [0.4, 0.5) is 0 Å². The van der Waals surface area contributed by atoms with Crippen LogP contribution >= 0.6 is 11.9 Å². The van der Waals surface area contributed by atoms with Crippen LogP contribution in [0.2, 0.25) is 0 Å². The molecule has 49 heavy (non-hydrogen) atoms. The monoisotopic (exact) mass is 689 g/mol. The van der Waals surface area contributed by atoms with Crippen molar-refractivity contribution in [3.05, 3.63) is 48.2 Å². The molecule has 7 fully saturated rings. The van der Waals surface area contributed by atoms with Crippen molar-refractivity contribution in [3.63, 3.8) is 0 Å². The predicted molar refractivity (Wildman–Crippen MR) is 195 cm³/mol. The van der Waals surface area contributed by atoms with E-state index in [-0.39, 0.29) is 23.2 Å². The lowest BCUT2D eigenvalue weighted by molar-refractivity contribution is 0.00611. The highest BCUT2D eigenvalue weighted by atomic mass is 32.2. The lowest BCUT2D eigenvalue weighted by Crippen LogP contribution is -2.61. The topological polar surface area (TPSA) is 87.6 Å². The minimum absolute atomic E-state index is 0.160. The molecular weight excluding hydrogens is 631 g/mol. The average Bonchev–Trinajstić information content (AvgIpc) is 4.06. The summed E-state index contributed by atoms with van der Waals surface area (Å²) in [4.78, 5) is 2.81. The zero-order chi connectivity index (χ0) is 33.1. The Morgan fingerprint density at radius 3 is 2.61 bits per heavy atom. The molecule has 9 rings (SSSR count). The van der Waals surface area contributed by atoms with Gasteiger partial charge in [-0.1, -0.05) is 42.3 Å². The number of hydrogen-bond acceptors (Lipinski definition) is 9. The molecule has 7 aliphatic rings. The molecule has 7 unspecified atom stereocenters. The predicted octanol–water partition coefficient (Wildman–Crippen LogP) is 6.01. The number of piperidine rings is 2. The van der Waals surface area contributed by atoms with E-state index < -0.39 is 0 Å². The van der Waals surface area contributed by atoms with Gasteiger partial charge < -0.3 is 14.8 Å². The number of hydrogen-bond donors (Lipinski definition) is 4. The largest absolute Gasteiger partial charge is 0.477 e. The minimum Gasteiger partial charge on any atom is -0.477 e. The van der Waals surface area contributed by atoms with Crippen molar-refractivity contribution in [2.75, 3.05) is 26.2 Å². The number of benzene rings is 1. The second kappa shape index (κ2) is 13.4. The van der Waals surface area contributed by atoms with E-state index in [0.717, 1.165) is 73.9 Å². The van der Waals surface area contributed by atoms with Crippen molar-refractivity contribution < 1.29 is 9.47 Å². The van der Waals surface area contributed by atoms with Crippen LogP contribution in [0.15, 0.2) is 42.6 Å². The summed E-state index contributed by atoms with van der Waals surface area (Å²) < 4.78 is 18.8. The molecule has 1 aromatic carbocycles. The second-order valence-corrected chi connectivity index (χ2v) is 18.3. The normalized spacial score (nSPS) is 37.6. The first-order valence-electron chi connectivity index (χ1n) is 19.7. The van der Waals surface area contributed by atoms with Crippen LogP contribution in [-0.2, 0) is 11.3 Å². The van der Waals surface area contributed by atoms with Gasteiger partial charge in [-0.3, -0.25) is 24.9 Å². The number of aromatic nitrogens is 2. The molecule has 4 bridgehead atoms. The van der Waals surface area contributed by atoms with Crippen LogP contribution in [0, 0.1) is 28.6 Å². The molecule has 0 amide bonds. The molecule has 2 spiro atoms. The quantitative estimate of drug-likeness (QED) is 0.249. The highest BCUT2D eigenvalue weighted by molar-refractivity contribution is 7.98. The third-order valence-corrected chi connectivity index (χ3v) is 14.9. The third-order valence-electron chi connectivity index (χ3n) is 13.8. The maximum Gasteiger partial charge on any atom is 0.232 e. The van der Waals surface area contributed by atoms with Crippen LogP contribution in [-0.4, -0.2) is 70.3 Å². The first-order valence-corrected chi connectivity index (χ1v) is 20.5. The van der Waals surface area contributed by atoms with Gasteiger partial charge in [-0.05, 0) is 126 Å². The van der Waals surface area contributed by atoms with Gasteiger partial charge in [0.05, 0.1) is 37.0 Å². The summed E-state index contributed by atoms with van der Waals surface area (Å²) in [6.07, 6.45) is 18.4. The Kier molecular flexibility index (Phi) is 9.07. The van der Waals surface area contributed by atoms with E-state index in [1.165, 1.54) is 63.5 Å². The Hall–Kier alpha value is -1.66. The molecule has 4 aliphatic heterocycles. The molecule has 3 aliphatic carbocycles. The second-order valence-electron chi connectivity index (χ2n) is 17.3. The number of fused-ring (bicyclic) bond motifs is 7. The van der Waals surface area contributed by atoms with Gasteiger partial charge >= 0.3 is 0 Å². The summed E-state index contributed by atoms with van der Waals surface area (Å²) in [6.45, 7) is 9.60. The van der Waals surface area contributed by atoms with Gasteiger partial charge in [-0.2, -0.15) is 0 Å². The highest BCUT2D eigenvalue weighted by Gasteiger charge is 2.85. The molecule has 0 radical (unpaired) electrons. The van der Waals surface area contributed by atoms with E-state index in [9.17, 15) is 0 Å². The standard InChI is InChI=1S/C39H59N7O2S/c1-37(2)23-28-9-6-20-40-32-12-11-30(48-26-27-7-4-3-5-8-27)36(42-32)49-41-24-29-10-13-33(43-35(29)45(37)25-28)46-21-14-34(44-46)47-22-15-31-38(16-17-38)39(31)18-19-39/h3-5,7-8,14,21,28-33,35-36,40-43H,6,9-13,15-20,22-26H2,1-2H3/t28-,29?,30?,32?,33?,35?,36?/m0/s1. The summed E-state index contributed by atoms with van der Waals surface area (Å²) in [5, 5.41) is 17.1. The summed E-state index contributed by atoms with van der Waals surface area (Å²) in [7, 11) is 0. The minimum atomic E-state index is 0.160. The van der Waals surface area contributed by atoms with Gasteiger partial charge in [0, 0.05) is 36.8 Å². The Morgan fingerprint density at radius 2 is 1.80 bits per heavy atom. The van der Waals surface area contributed by atoms with E-state index in [1.807, 2.05) is 11.9 Å². The summed E-state index contributed by atoms with van der Waals surface area (Å²) >= 11 is 1.84. The van der Waals surface area contributed by atoms with Crippen molar-refractivity contribution in [1.82, 2.24) is 35.4 Å². The zero-order valence-electron chi connectivity index (χ0n) is 29.7. The maximum atomic E-state index is 6.55. The number of nitrogens with zero attached hydrogens (tertiary/aromatic N) is 3. The fourth-order valence-electron chi connectivity index (χ4n) is 11.0. The molecule has 8 atom stereocenters. The molecule has 268 valence electrons. The molecule has 5 heterocycles. The average molecular weight is 690 g/mol. The number of rotatable bonds is 8. The van der Waals surface area contributed by atoms with Crippen molar-refractivity contribution in [2.45, 2.75) is 133 Å². The maximum absolute atomic E-state index is 6.55. The fraction of sp³-hybridized carbons (Fsp3) is 0.769. The molecular formula is C39H59N7O2S. The summed E-state index contributed by atoms with van der Waals surface area (Å²) in [6, 6.07) is 12.7. The Bertz CT molecular complexity index is 1410. The van der Waals surface area contributed by atoms with Gasteiger partial charge in [0.15, 0.2) is 0 Å². The molecule has 10 heteroatoms. The Balaban J connectivity index is 0.855. The van der Waals surface area contributed by atoms with Gasteiger partial charge in [0.25, 0.3) is 0 Å². The molecule has 1 aromatic heterocycles. The van der Waals surface area contributed by atoms with Crippen molar-refractivity contribution >= 4 is 11.9 Å². The highest BCUT2D eigenvalue weighted by Crippen LogP contribution is 2.93. The van der Waals surface area contributed by atoms with Gasteiger partial charge in [0.1, 0.15) is 6.17 Å². The van der Waals surface area contributed by atoms with Crippen LogP contribution < -0.4 is 25.4 Å². The van der Waals surface area contributed by atoms with E-state index >= 15 is 0 Å². The molecule has 4 N–H and O–H groups in total. The summed E-state index contributed by atoms with van der Waals surface area (Å²) in [5.74, 6) is 2.95. The molecule has 2 aromatic rings. The van der Waals surface area contributed by atoms with E-state index in [2.05, 4.69) is 86.7 Å². The Labute approximate surface area is 297 Å². The van der Waals surface area contributed by atoms with Crippen molar-refractivity contribution in [3.8, 4) is 5.88 Å². The van der Waals surface area contributed by atoms with Crippen LogP contribution in [0.5, 0.6) is 5.88 Å². The van der Waals surface area contributed by atoms with Gasteiger partial charge in [-0.15, -0.1) is 5.10 Å². The van der Waals surface area contributed by atoms with E-state index in [4.69, 9.17) is 14.6 Å². The zero-order valence-corrected chi connectivity index (χ0v) is 30.6. The van der Waals surface area contributed by atoms with Crippen molar-refractivity contribution in [2.24, 2.45) is 28.6 Å². The smallest absolute Gasteiger partial charge is 0.232 e. The summed E-state index contributed by atoms with van der Waals surface area (Å²) in [5.41, 5.74) is 2.91. The number of nitrogens with one attached hydrogen (secondary N) is 4. The number of ether oxygens (including phenoxy) is 2. The lowest BCUT2D eigenvalue weighted by Gasteiger charge is -2.47. The fourth-order valence-corrected chi connectivity index (χ4v) is 12.1. The molecule has 9 nitrogen and oxygen atoms in total. The third kappa shape index (κ3) is 6.62. The SMILES string of the molecule is CC1(C)C[C@@H]2CCCNC3CCC(OCc4ccccc4)C(N3)SNCC3CCC(n4ccc(OCCC5C6(CC6)C56CC6)n4)NC3N1C2. The van der Waals surface area contributed by atoms with Gasteiger partial charge in [-0.25, -0.2) is 0 Å². The lowest BCUT2D eigenvalue weighted by atomic mass is 9.90. The van der Waals surface area contributed by atoms with E-state index in [0.29, 0.717) is 24.9 Å². The molecule has 4 saturated heterocycles. The first-order chi connectivity index (χ1) is 23.9. The van der Waals surface area contributed by atoms with Crippen LogP contribution in [0.3, 0.4) is 0 Å². The molecule has 3 saturated carbocycles. The van der Waals surface area contributed by atoms with Crippen LogP contribution in [0.1, 0.15) is 103 Å². The van der Waals surface area contributed by atoms with E-state index in [1.54, 1.807) is 0 Å². The van der Waals surface area contributed by atoms with Gasteiger partial charge in [0.2, 0.25) is 5.88 Å². The van der Waals surface area contributed by atoms with Crippen molar-refractivity contribution in [1.29, 1.82) is 0 Å².